The minimum absolute atomic E-state index is 0.134. The molecule has 54 valence electrons. The maximum Gasteiger partial charge on any atom is 0.131 e. The predicted molar refractivity (Wildman–Crippen MR) is 39.6 cm³/mol. The Morgan fingerprint density at radius 3 is 2.80 bits per heavy atom. The monoisotopic (exact) mass is 158 g/mol. The summed E-state index contributed by atoms with van der Waals surface area (Å²) in [6, 6.07) is 3.10. The molecule has 1 heterocycles. The van der Waals surface area contributed by atoms with E-state index >= 15 is 0 Å². The van der Waals surface area contributed by atoms with Crippen LogP contribution >= 0.6 is 11.6 Å². The lowest BCUT2D eigenvalue weighted by Gasteiger charge is -1.97. The molecule has 1 aromatic rings. The standard InChI is InChI=1S/C6H7ClN2O/c7-6-2-4(8)1-5(3-10)9-6/h1-2,10H,3H2,(H2,8,9). The highest BCUT2D eigenvalue weighted by atomic mass is 35.5. The van der Waals surface area contributed by atoms with Crippen molar-refractivity contribution in [2.45, 2.75) is 6.61 Å². The molecule has 0 amide bonds. The van der Waals surface area contributed by atoms with E-state index in [-0.39, 0.29) is 6.61 Å². The van der Waals surface area contributed by atoms with E-state index in [1.165, 1.54) is 6.07 Å². The van der Waals surface area contributed by atoms with E-state index in [2.05, 4.69) is 4.98 Å². The van der Waals surface area contributed by atoms with Crippen LogP contribution in [0.4, 0.5) is 5.69 Å². The van der Waals surface area contributed by atoms with Gasteiger partial charge in [0.25, 0.3) is 0 Å². The van der Waals surface area contributed by atoms with Crippen LogP contribution in [0.15, 0.2) is 12.1 Å². The number of nitrogens with zero attached hydrogens (tertiary/aromatic N) is 1. The summed E-state index contributed by atoms with van der Waals surface area (Å²) in [5.41, 5.74) is 6.41. The second kappa shape index (κ2) is 2.86. The average molecular weight is 159 g/mol. The fourth-order valence-corrected chi connectivity index (χ4v) is 0.889. The molecule has 0 atom stereocenters. The lowest BCUT2D eigenvalue weighted by Crippen LogP contribution is -1.92. The molecule has 4 heteroatoms. The number of aliphatic hydroxyl groups excluding tert-OH is 1. The van der Waals surface area contributed by atoms with Gasteiger partial charge in [0.05, 0.1) is 12.3 Å². The Kier molecular flexibility index (Phi) is 2.09. The minimum atomic E-state index is -0.134. The quantitative estimate of drug-likeness (QED) is 0.595. The van der Waals surface area contributed by atoms with Crippen molar-refractivity contribution in [2.75, 3.05) is 5.73 Å². The van der Waals surface area contributed by atoms with Crippen LogP contribution in [-0.2, 0) is 6.61 Å². The number of aliphatic hydroxyl groups is 1. The van der Waals surface area contributed by atoms with Crippen LogP contribution in [0, 0.1) is 0 Å². The SMILES string of the molecule is Nc1cc(Cl)nc(CO)c1. The third-order valence-corrected chi connectivity index (χ3v) is 1.23. The topological polar surface area (TPSA) is 59.1 Å². The summed E-state index contributed by atoms with van der Waals surface area (Å²) >= 11 is 5.53. The second-order valence-electron chi connectivity index (χ2n) is 1.87. The van der Waals surface area contributed by atoms with Gasteiger partial charge in [-0.2, -0.15) is 0 Å². The number of hydrogen-bond acceptors (Lipinski definition) is 3. The van der Waals surface area contributed by atoms with Crippen LogP contribution in [0.2, 0.25) is 5.15 Å². The van der Waals surface area contributed by atoms with Gasteiger partial charge in [0.1, 0.15) is 5.15 Å². The molecule has 0 aromatic carbocycles. The van der Waals surface area contributed by atoms with Crippen LogP contribution in [0.3, 0.4) is 0 Å². The summed E-state index contributed by atoms with van der Waals surface area (Å²) in [5, 5.41) is 8.92. The highest BCUT2D eigenvalue weighted by Gasteiger charge is 1.95. The number of anilines is 1. The van der Waals surface area contributed by atoms with Crippen molar-refractivity contribution in [3.63, 3.8) is 0 Å². The molecule has 1 aromatic heterocycles. The molecule has 0 radical (unpaired) electrons. The van der Waals surface area contributed by atoms with Gasteiger partial charge in [-0.25, -0.2) is 4.98 Å². The van der Waals surface area contributed by atoms with Gasteiger partial charge in [-0.1, -0.05) is 11.6 Å². The Hall–Kier alpha value is -0.800. The van der Waals surface area contributed by atoms with Crippen molar-refractivity contribution in [1.29, 1.82) is 0 Å². The smallest absolute Gasteiger partial charge is 0.131 e. The van der Waals surface area contributed by atoms with Crippen LogP contribution < -0.4 is 5.73 Å². The first-order valence-electron chi connectivity index (χ1n) is 2.75. The van der Waals surface area contributed by atoms with Crippen LogP contribution in [0.25, 0.3) is 0 Å². The van der Waals surface area contributed by atoms with Crippen molar-refractivity contribution in [3.05, 3.63) is 23.0 Å². The van der Waals surface area contributed by atoms with E-state index in [1.54, 1.807) is 6.07 Å². The Labute approximate surface area is 63.5 Å². The number of hydrogen-bond donors (Lipinski definition) is 2. The third kappa shape index (κ3) is 1.59. The van der Waals surface area contributed by atoms with E-state index in [1.807, 2.05) is 0 Å². The number of nitrogen functional groups attached to an aromatic ring is 1. The van der Waals surface area contributed by atoms with Gasteiger partial charge in [-0.05, 0) is 12.1 Å². The Morgan fingerprint density at radius 1 is 1.60 bits per heavy atom. The maximum atomic E-state index is 8.61. The molecular formula is C6H7ClN2O. The Bertz CT molecular complexity index is 219. The molecule has 10 heavy (non-hydrogen) atoms. The van der Waals surface area contributed by atoms with E-state index in [0.29, 0.717) is 16.5 Å². The number of halogens is 1. The lowest BCUT2D eigenvalue weighted by atomic mass is 10.3. The molecule has 0 saturated carbocycles. The van der Waals surface area contributed by atoms with E-state index in [0.717, 1.165) is 0 Å². The molecule has 0 aliphatic rings. The number of aromatic nitrogens is 1. The van der Waals surface area contributed by atoms with Gasteiger partial charge in [0, 0.05) is 5.69 Å². The van der Waals surface area contributed by atoms with Gasteiger partial charge >= 0.3 is 0 Å². The number of pyridine rings is 1. The minimum Gasteiger partial charge on any atom is -0.399 e. The van der Waals surface area contributed by atoms with E-state index in [9.17, 15) is 0 Å². The summed E-state index contributed by atoms with van der Waals surface area (Å²) in [6.07, 6.45) is 0. The first kappa shape index (κ1) is 7.31. The fraction of sp³-hybridized carbons (Fsp3) is 0.167. The van der Waals surface area contributed by atoms with Gasteiger partial charge in [0.2, 0.25) is 0 Å². The van der Waals surface area contributed by atoms with Gasteiger partial charge < -0.3 is 10.8 Å². The molecule has 3 nitrogen and oxygen atoms in total. The van der Waals surface area contributed by atoms with Crippen LogP contribution in [0.1, 0.15) is 5.69 Å². The molecular weight excluding hydrogens is 152 g/mol. The molecule has 0 fully saturated rings. The van der Waals surface area contributed by atoms with Crippen molar-refractivity contribution < 1.29 is 5.11 Å². The van der Waals surface area contributed by atoms with Crippen molar-refractivity contribution in [3.8, 4) is 0 Å². The highest BCUT2D eigenvalue weighted by Crippen LogP contribution is 2.11. The average Bonchev–Trinajstić information content (AvgIpc) is 1.85. The molecule has 0 aliphatic carbocycles. The zero-order chi connectivity index (χ0) is 7.56. The van der Waals surface area contributed by atoms with Gasteiger partial charge in [-0.15, -0.1) is 0 Å². The van der Waals surface area contributed by atoms with Crippen LogP contribution in [0.5, 0.6) is 0 Å². The predicted octanol–water partition coefficient (Wildman–Crippen LogP) is 0.810. The van der Waals surface area contributed by atoms with Crippen molar-refractivity contribution >= 4 is 17.3 Å². The summed E-state index contributed by atoms with van der Waals surface area (Å²) in [6.45, 7) is -0.134. The molecule has 3 N–H and O–H groups in total. The van der Waals surface area contributed by atoms with Gasteiger partial charge in [-0.3, -0.25) is 0 Å². The lowest BCUT2D eigenvalue weighted by molar-refractivity contribution is 0.277. The fourth-order valence-electron chi connectivity index (χ4n) is 0.654. The van der Waals surface area contributed by atoms with E-state index in [4.69, 9.17) is 22.4 Å². The largest absolute Gasteiger partial charge is 0.399 e. The summed E-state index contributed by atoms with van der Waals surface area (Å²) in [5.74, 6) is 0. The number of nitrogens with two attached hydrogens (primary N) is 1. The van der Waals surface area contributed by atoms with Crippen LogP contribution in [-0.4, -0.2) is 10.1 Å². The highest BCUT2D eigenvalue weighted by molar-refractivity contribution is 6.29. The molecule has 0 spiro atoms. The molecule has 0 aliphatic heterocycles. The normalized spacial score (nSPS) is 9.80. The van der Waals surface area contributed by atoms with Crippen molar-refractivity contribution in [1.82, 2.24) is 4.98 Å². The summed E-state index contributed by atoms with van der Waals surface area (Å²) < 4.78 is 0. The summed E-state index contributed by atoms with van der Waals surface area (Å²) in [7, 11) is 0. The summed E-state index contributed by atoms with van der Waals surface area (Å²) in [4.78, 5) is 3.79. The van der Waals surface area contributed by atoms with Crippen molar-refractivity contribution in [2.24, 2.45) is 0 Å². The Balaban J connectivity index is 3.06. The zero-order valence-corrected chi connectivity index (χ0v) is 5.97. The molecule has 0 saturated heterocycles. The Morgan fingerprint density at radius 2 is 2.30 bits per heavy atom. The second-order valence-corrected chi connectivity index (χ2v) is 2.26. The first-order chi connectivity index (χ1) is 4.72. The molecule has 0 bridgehead atoms. The van der Waals surface area contributed by atoms with Gasteiger partial charge in [0.15, 0.2) is 0 Å². The third-order valence-electron chi connectivity index (χ3n) is 1.03. The molecule has 1 rings (SSSR count). The first-order valence-corrected chi connectivity index (χ1v) is 3.13. The maximum absolute atomic E-state index is 8.61. The zero-order valence-electron chi connectivity index (χ0n) is 5.21. The number of rotatable bonds is 1. The van der Waals surface area contributed by atoms with E-state index < -0.39 is 0 Å². The molecule has 0 unspecified atom stereocenters.